The molecule has 2 nitrogen and oxygen atoms in total. The molecule has 0 spiro atoms. The molecule has 0 amide bonds. The Balaban J connectivity index is 2.50. The monoisotopic (exact) mass is 233 g/mol. The first-order valence-electron chi connectivity index (χ1n) is 6.30. The number of nitrogens with zero attached hydrogens (tertiary/aromatic N) is 1. The summed E-state index contributed by atoms with van der Waals surface area (Å²) in [4.78, 5) is 4.46. The van der Waals surface area contributed by atoms with E-state index in [0.717, 1.165) is 17.9 Å². The molecule has 0 aromatic carbocycles. The van der Waals surface area contributed by atoms with Crippen molar-refractivity contribution < 1.29 is 4.74 Å². The Morgan fingerprint density at radius 2 is 1.71 bits per heavy atom. The van der Waals surface area contributed by atoms with Crippen molar-refractivity contribution in [2.24, 2.45) is 10.8 Å². The van der Waals surface area contributed by atoms with Crippen molar-refractivity contribution in [3.63, 3.8) is 0 Å². The van der Waals surface area contributed by atoms with Gasteiger partial charge in [0.15, 0.2) is 0 Å². The molecule has 1 aliphatic rings. The lowest BCUT2D eigenvalue weighted by molar-refractivity contribution is -0.0987. The molecule has 2 heterocycles. The number of fused-ring (bicyclic) bond motifs is 1. The smallest absolute Gasteiger partial charge is 0.141 e. The zero-order valence-electron chi connectivity index (χ0n) is 11.8. The Hall–Kier alpha value is -1.05. The van der Waals surface area contributed by atoms with Crippen molar-refractivity contribution >= 4 is 0 Å². The number of ether oxygens (including phenoxy) is 1. The molecule has 0 saturated heterocycles. The average Bonchev–Trinajstić information content (AvgIpc) is 2.55. The van der Waals surface area contributed by atoms with Gasteiger partial charge in [-0.1, -0.05) is 41.5 Å². The average molecular weight is 233 g/mol. The summed E-state index contributed by atoms with van der Waals surface area (Å²) >= 11 is 0. The van der Waals surface area contributed by atoms with Gasteiger partial charge in [-0.05, 0) is 12.1 Å². The molecule has 0 saturated carbocycles. The van der Waals surface area contributed by atoms with Crippen LogP contribution in [0.4, 0.5) is 0 Å². The van der Waals surface area contributed by atoms with Gasteiger partial charge in [0.25, 0.3) is 0 Å². The maximum atomic E-state index is 6.36. The molecule has 0 unspecified atom stereocenters. The van der Waals surface area contributed by atoms with Gasteiger partial charge in [-0.15, -0.1) is 0 Å². The van der Waals surface area contributed by atoms with E-state index < -0.39 is 0 Å². The second-order valence-electron chi connectivity index (χ2n) is 7.05. The molecular formula is C15H23NO. The highest BCUT2D eigenvalue weighted by molar-refractivity contribution is 5.36. The fourth-order valence-electron chi connectivity index (χ4n) is 3.07. The molecule has 17 heavy (non-hydrogen) atoms. The lowest BCUT2D eigenvalue weighted by Crippen LogP contribution is -2.56. The predicted molar refractivity (Wildman–Crippen MR) is 70.2 cm³/mol. The van der Waals surface area contributed by atoms with Gasteiger partial charge in [-0.3, -0.25) is 4.98 Å². The maximum absolute atomic E-state index is 6.36. The molecular weight excluding hydrogens is 210 g/mol. The van der Waals surface area contributed by atoms with Gasteiger partial charge >= 0.3 is 0 Å². The Morgan fingerprint density at radius 3 is 2.18 bits per heavy atom. The number of aromatic nitrogens is 1. The first-order chi connectivity index (χ1) is 7.67. The summed E-state index contributed by atoms with van der Waals surface area (Å²) in [6.07, 6.45) is 2.75. The molecule has 0 radical (unpaired) electrons. The highest BCUT2D eigenvalue weighted by Crippen LogP contribution is 2.53. The zero-order chi connectivity index (χ0) is 12.9. The zero-order valence-corrected chi connectivity index (χ0v) is 11.8. The maximum Gasteiger partial charge on any atom is 0.141 e. The molecule has 1 aliphatic heterocycles. The van der Waals surface area contributed by atoms with Crippen LogP contribution in [0.1, 0.15) is 47.2 Å². The van der Waals surface area contributed by atoms with Gasteiger partial charge in [0.1, 0.15) is 11.4 Å². The van der Waals surface area contributed by atoms with Crippen LogP contribution < -0.4 is 4.74 Å². The van der Waals surface area contributed by atoms with Crippen LogP contribution >= 0.6 is 0 Å². The van der Waals surface area contributed by atoms with Gasteiger partial charge in [-0.2, -0.15) is 0 Å². The quantitative estimate of drug-likeness (QED) is 0.679. The fraction of sp³-hybridized carbons (Fsp3) is 0.667. The van der Waals surface area contributed by atoms with E-state index >= 15 is 0 Å². The van der Waals surface area contributed by atoms with E-state index in [9.17, 15) is 0 Å². The van der Waals surface area contributed by atoms with E-state index in [1.807, 2.05) is 18.3 Å². The van der Waals surface area contributed by atoms with Crippen molar-refractivity contribution in [2.75, 3.05) is 0 Å². The molecule has 0 atom stereocenters. The van der Waals surface area contributed by atoms with Crippen molar-refractivity contribution in [3.8, 4) is 5.75 Å². The first-order valence-corrected chi connectivity index (χ1v) is 6.30. The normalized spacial score (nSPS) is 18.7. The molecule has 2 rings (SSSR count). The van der Waals surface area contributed by atoms with Gasteiger partial charge in [0.2, 0.25) is 0 Å². The highest BCUT2D eigenvalue weighted by atomic mass is 16.5. The summed E-state index contributed by atoms with van der Waals surface area (Å²) in [7, 11) is 0. The molecule has 0 N–H and O–H groups in total. The van der Waals surface area contributed by atoms with Gasteiger partial charge in [0, 0.05) is 23.4 Å². The summed E-state index contributed by atoms with van der Waals surface area (Å²) in [5.41, 5.74) is 1.06. The Bertz CT molecular complexity index is 382. The van der Waals surface area contributed by atoms with E-state index in [2.05, 4.69) is 46.5 Å². The van der Waals surface area contributed by atoms with Crippen molar-refractivity contribution in [2.45, 2.75) is 53.6 Å². The number of hydrogen-bond donors (Lipinski definition) is 0. The second kappa shape index (κ2) is 3.47. The number of pyridine rings is 1. The van der Waals surface area contributed by atoms with Crippen LogP contribution in [0.5, 0.6) is 5.75 Å². The van der Waals surface area contributed by atoms with Crippen LogP contribution in [-0.4, -0.2) is 10.6 Å². The topological polar surface area (TPSA) is 22.1 Å². The number of hydrogen-bond acceptors (Lipinski definition) is 2. The second-order valence-corrected chi connectivity index (χ2v) is 7.05. The Labute approximate surface area is 104 Å². The van der Waals surface area contributed by atoms with Gasteiger partial charge in [-0.25, -0.2) is 0 Å². The third-order valence-electron chi connectivity index (χ3n) is 3.97. The molecule has 94 valence electrons. The molecule has 2 heteroatoms. The highest BCUT2D eigenvalue weighted by Gasteiger charge is 2.56. The largest absolute Gasteiger partial charge is 0.484 e. The summed E-state index contributed by atoms with van der Waals surface area (Å²) < 4.78 is 6.36. The third kappa shape index (κ3) is 1.74. The SMILES string of the molecule is CC(C)(C)C1(C(C)(C)C)Cc2ncccc2O1. The minimum Gasteiger partial charge on any atom is -0.484 e. The van der Waals surface area contributed by atoms with Crippen LogP contribution in [-0.2, 0) is 6.42 Å². The minimum absolute atomic E-state index is 0.0753. The summed E-state index contributed by atoms with van der Waals surface area (Å²) in [6.45, 7) is 13.5. The van der Waals surface area contributed by atoms with E-state index in [4.69, 9.17) is 4.74 Å². The molecule has 0 bridgehead atoms. The fourth-order valence-corrected chi connectivity index (χ4v) is 3.07. The van der Waals surface area contributed by atoms with Crippen LogP contribution in [0.2, 0.25) is 0 Å². The van der Waals surface area contributed by atoms with E-state index in [1.54, 1.807) is 0 Å². The lowest BCUT2D eigenvalue weighted by Gasteiger charge is -2.50. The van der Waals surface area contributed by atoms with Gasteiger partial charge < -0.3 is 4.74 Å². The van der Waals surface area contributed by atoms with Crippen LogP contribution in [0.15, 0.2) is 18.3 Å². The van der Waals surface area contributed by atoms with Crippen molar-refractivity contribution in [3.05, 3.63) is 24.0 Å². The lowest BCUT2D eigenvalue weighted by atomic mass is 9.61. The van der Waals surface area contributed by atoms with Gasteiger partial charge in [0.05, 0.1) is 5.69 Å². The standard InChI is InChI=1S/C15H23NO/c1-13(2,3)15(14(4,5)6)10-11-12(17-15)8-7-9-16-11/h7-9H,10H2,1-6H3. The first kappa shape index (κ1) is 12.4. The summed E-state index contributed by atoms with van der Waals surface area (Å²) in [5, 5.41) is 0. The predicted octanol–water partition coefficient (Wildman–Crippen LogP) is 3.85. The van der Waals surface area contributed by atoms with E-state index in [1.165, 1.54) is 0 Å². The molecule has 0 fully saturated rings. The summed E-state index contributed by atoms with van der Waals surface area (Å²) in [6, 6.07) is 3.97. The van der Waals surface area contributed by atoms with Crippen LogP contribution in [0.3, 0.4) is 0 Å². The van der Waals surface area contributed by atoms with E-state index in [0.29, 0.717) is 0 Å². The Morgan fingerprint density at radius 1 is 1.12 bits per heavy atom. The molecule has 1 aromatic rings. The van der Waals surface area contributed by atoms with Crippen LogP contribution in [0, 0.1) is 10.8 Å². The third-order valence-corrected chi connectivity index (χ3v) is 3.97. The van der Waals surface area contributed by atoms with Crippen molar-refractivity contribution in [1.29, 1.82) is 0 Å². The van der Waals surface area contributed by atoms with Crippen LogP contribution in [0.25, 0.3) is 0 Å². The summed E-state index contributed by atoms with van der Waals surface area (Å²) in [5.74, 6) is 0.956. The Kier molecular flexibility index (Phi) is 2.53. The number of rotatable bonds is 0. The van der Waals surface area contributed by atoms with Crippen molar-refractivity contribution in [1.82, 2.24) is 4.98 Å². The molecule has 1 aromatic heterocycles. The minimum atomic E-state index is -0.184. The van der Waals surface area contributed by atoms with E-state index in [-0.39, 0.29) is 16.4 Å². The molecule has 0 aliphatic carbocycles.